The second kappa shape index (κ2) is 11.3. The molecule has 0 aromatic heterocycles. The van der Waals surface area contributed by atoms with Gasteiger partial charge in [0.1, 0.15) is 18.4 Å². The van der Waals surface area contributed by atoms with Crippen LogP contribution in [0.1, 0.15) is 38.8 Å². The van der Waals surface area contributed by atoms with Crippen LogP contribution < -0.4 is 9.62 Å². The van der Waals surface area contributed by atoms with Gasteiger partial charge in [0.2, 0.25) is 21.8 Å². The van der Waals surface area contributed by atoms with Gasteiger partial charge < -0.3 is 10.2 Å². The minimum Gasteiger partial charge on any atom is -0.350 e. The normalized spacial score (nSPS) is 13.1. The molecule has 0 heterocycles. The van der Waals surface area contributed by atoms with E-state index in [4.69, 9.17) is 11.6 Å². The number of anilines is 1. The van der Waals surface area contributed by atoms with Crippen LogP contribution >= 0.6 is 11.6 Å². The lowest BCUT2D eigenvalue weighted by Crippen LogP contribution is -2.54. The number of hydrogen-bond donors (Lipinski definition) is 1. The minimum atomic E-state index is -4.87. The van der Waals surface area contributed by atoms with Crippen molar-refractivity contribution in [2.45, 2.75) is 52.0 Å². The number of amides is 2. The fourth-order valence-electron chi connectivity index (χ4n) is 3.34. The van der Waals surface area contributed by atoms with Crippen molar-refractivity contribution in [3.05, 3.63) is 64.4 Å². The van der Waals surface area contributed by atoms with E-state index in [0.29, 0.717) is 15.9 Å². The molecule has 2 rings (SSSR count). The zero-order valence-corrected chi connectivity index (χ0v) is 22.4. The maximum absolute atomic E-state index is 13.4. The molecule has 0 aliphatic heterocycles. The van der Waals surface area contributed by atoms with Gasteiger partial charge in [-0.05, 0) is 63.6 Å². The van der Waals surface area contributed by atoms with Gasteiger partial charge in [0.15, 0.2) is 0 Å². The Morgan fingerprint density at radius 2 is 1.62 bits per heavy atom. The molecule has 2 aromatic rings. The molecule has 37 heavy (non-hydrogen) atoms. The topological polar surface area (TPSA) is 86.8 Å². The second-order valence-corrected chi connectivity index (χ2v) is 11.8. The highest BCUT2D eigenvalue weighted by molar-refractivity contribution is 7.92. The third-order valence-corrected chi connectivity index (χ3v) is 6.62. The highest BCUT2D eigenvalue weighted by Crippen LogP contribution is 2.37. The summed E-state index contributed by atoms with van der Waals surface area (Å²) in [5.74, 6) is -1.93. The van der Waals surface area contributed by atoms with E-state index < -0.39 is 68.2 Å². The maximum Gasteiger partial charge on any atom is 0.417 e. The van der Waals surface area contributed by atoms with Gasteiger partial charge in [-0.15, -0.1) is 0 Å². The predicted molar refractivity (Wildman–Crippen MR) is 133 cm³/mol. The summed E-state index contributed by atoms with van der Waals surface area (Å²) in [6.07, 6.45) is -4.13. The first-order valence-electron chi connectivity index (χ1n) is 11.0. The molecule has 0 saturated heterocycles. The fourth-order valence-corrected chi connectivity index (χ4v) is 4.41. The second-order valence-electron chi connectivity index (χ2n) is 9.49. The van der Waals surface area contributed by atoms with Crippen molar-refractivity contribution in [2.24, 2.45) is 0 Å². The lowest BCUT2D eigenvalue weighted by molar-refractivity contribution is -0.140. The van der Waals surface area contributed by atoms with E-state index in [-0.39, 0.29) is 6.54 Å². The summed E-state index contributed by atoms with van der Waals surface area (Å²) < 4.78 is 79.1. The molecule has 1 atom stereocenters. The Kier molecular flexibility index (Phi) is 9.24. The van der Waals surface area contributed by atoms with E-state index in [1.807, 2.05) is 0 Å². The Hall–Kier alpha value is -2.86. The van der Waals surface area contributed by atoms with Crippen LogP contribution in [0, 0.1) is 5.82 Å². The zero-order valence-electron chi connectivity index (χ0n) is 20.9. The molecule has 0 bridgehead atoms. The van der Waals surface area contributed by atoms with E-state index in [2.05, 4.69) is 5.32 Å². The number of benzene rings is 2. The van der Waals surface area contributed by atoms with Crippen molar-refractivity contribution >= 4 is 39.1 Å². The van der Waals surface area contributed by atoms with Crippen molar-refractivity contribution in [1.29, 1.82) is 0 Å². The van der Waals surface area contributed by atoms with Crippen LogP contribution in [0.3, 0.4) is 0 Å². The number of nitrogens with zero attached hydrogens (tertiary/aromatic N) is 2. The number of sulfonamides is 1. The van der Waals surface area contributed by atoms with Crippen LogP contribution in [-0.4, -0.2) is 49.5 Å². The van der Waals surface area contributed by atoms with Gasteiger partial charge in [-0.1, -0.05) is 23.7 Å². The number of rotatable bonds is 8. The summed E-state index contributed by atoms with van der Waals surface area (Å²) in [6, 6.07) is 6.48. The first-order chi connectivity index (χ1) is 16.8. The average Bonchev–Trinajstić information content (AvgIpc) is 2.74. The molecule has 0 radical (unpaired) electrons. The van der Waals surface area contributed by atoms with Crippen molar-refractivity contribution in [1.82, 2.24) is 10.2 Å². The fraction of sp³-hybridized carbons (Fsp3) is 0.417. The molecular formula is C24H28ClF4N3O4S. The summed E-state index contributed by atoms with van der Waals surface area (Å²) in [7, 11) is -4.25. The first-order valence-corrected chi connectivity index (χ1v) is 13.2. The Bertz CT molecular complexity index is 1250. The molecule has 0 spiro atoms. The Morgan fingerprint density at radius 1 is 1.05 bits per heavy atom. The van der Waals surface area contributed by atoms with Gasteiger partial charge in [-0.2, -0.15) is 13.2 Å². The van der Waals surface area contributed by atoms with Crippen LogP contribution in [0.2, 0.25) is 5.02 Å². The van der Waals surface area contributed by atoms with E-state index in [1.165, 1.54) is 19.1 Å². The summed E-state index contributed by atoms with van der Waals surface area (Å²) >= 11 is 5.65. The lowest BCUT2D eigenvalue weighted by atomic mass is 10.1. The number of nitrogens with one attached hydrogen (secondary N) is 1. The van der Waals surface area contributed by atoms with Gasteiger partial charge in [-0.3, -0.25) is 13.9 Å². The monoisotopic (exact) mass is 565 g/mol. The van der Waals surface area contributed by atoms with E-state index in [9.17, 15) is 35.6 Å². The molecule has 7 nitrogen and oxygen atoms in total. The maximum atomic E-state index is 13.4. The predicted octanol–water partition coefficient (Wildman–Crippen LogP) is 4.60. The average molecular weight is 566 g/mol. The number of carbonyl (C=O) groups is 2. The first kappa shape index (κ1) is 30.4. The van der Waals surface area contributed by atoms with E-state index >= 15 is 0 Å². The quantitative estimate of drug-likeness (QED) is 0.474. The molecule has 0 fully saturated rings. The Balaban J connectivity index is 2.49. The SMILES string of the molecule is C[C@H](C(=O)NC(C)(C)C)N(Cc1ccc(F)cc1)C(=O)CN(c1ccc(Cl)c(C(F)(F)F)c1)S(C)(=O)=O. The highest BCUT2D eigenvalue weighted by Gasteiger charge is 2.36. The Labute approximate surface area is 218 Å². The molecule has 0 aliphatic rings. The lowest BCUT2D eigenvalue weighted by Gasteiger charge is -2.33. The number of hydrogen-bond acceptors (Lipinski definition) is 4. The molecule has 0 aliphatic carbocycles. The van der Waals surface area contributed by atoms with Gasteiger partial charge in [0.05, 0.1) is 22.5 Å². The van der Waals surface area contributed by atoms with Gasteiger partial charge in [0.25, 0.3) is 0 Å². The van der Waals surface area contributed by atoms with E-state index in [0.717, 1.165) is 35.4 Å². The van der Waals surface area contributed by atoms with Crippen molar-refractivity contribution in [3.8, 4) is 0 Å². The summed E-state index contributed by atoms with van der Waals surface area (Å²) in [4.78, 5) is 27.4. The van der Waals surface area contributed by atoms with Crippen LogP contribution in [0.5, 0.6) is 0 Å². The smallest absolute Gasteiger partial charge is 0.350 e. The largest absolute Gasteiger partial charge is 0.417 e. The molecule has 0 unspecified atom stereocenters. The Morgan fingerprint density at radius 3 is 2.11 bits per heavy atom. The minimum absolute atomic E-state index is 0.191. The van der Waals surface area contributed by atoms with Crippen molar-refractivity contribution in [2.75, 3.05) is 17.1 Å². The number of halogens is 5. The van der Waals surface area contributed by atoms with Crippen molar-refractivity contribution < 1.29 is 35.6 Å². The van der Waals surface area contributed by atoms with Crippen LogP contribution in [-0.2, 0) is 32.3 Å². The van der Waals surface area contributed by atoms with Gasteiger partial charge in [-0.25, -0.2) is 12.8 Å². The summed E-state index contributed by atoms with van der Waals surface area (Å²) in [6.45, 7) is 5.53. The third kappa shape index (κ3) is 8.60. The molecule has 2 amide bonds. The number of alkyl halides is 3. The molecular weight excluding hydrogens is 538 g/mol. The highest BCUT2D eigenvalue weighted by atomic mass is 35.5. The third-order valence-electron chi connectivity index (χ3n) is 5.15. The number of carbonyl (C=O) groups excluding carboxylic acids is 2. The summed E-state index contributed by atoms with van der Waals surface area (Å²) in [5.41, 5.74) is -1.90. The van der Waals surface area contributed by atoms with Gasteiger partial charge >= 0.3 is 6.18 Å². The molecule has 2 aromatic carbocycles. The molecule has 1 N–H and O–H groups in total. The molecule has 13 heteroatoms. The summed E-state index contributed by atoms with van der Waals surface area (Å²) in [5, 5.41) is 2.09. The van der Waals surface area contributed by atoms with Gasteiger partial charge in [0, 0.05) is 12.1 Å². The van der Waals surface area contributed by atoms with Crippen LogP contribution in [0.4, 0.5) is 23.2 Å². The van der Waals surface area contributed by atoms with Crippen molar-refractivity contribution in [3.63, 3.8) is 0 Å². The van der Waals surface area contributed by atoms with E-state index in [1.54, 1.807) is 20.8 Å². The molecule has 204 valence electrons. The van der Waals surface area contributed by atoms with Crippen LogP contribution in [0.15, 0.2) is 42.5 Å². The van der Waals surface area contributed by atoms with Crippen LogP contribution in [0.25, 0.3) is 0 Å². The standard InChI is InChI=1S/C24H28ClF4N3O4S/c1-15(22(34)30-23(2,3)4)31(13-16-6-8-17(26)9-7-16)21(33)14-32(37(5,35)36)18-10-11-20(25)19(12-18)24(27,28)29/h6-12,15H,13-14H2,1-5H3,(H,30,34)/t15-/m1/s1. The molecule has 0 saturated carbocycles. The zero-order chi connectivity index (χ0) is 28.3.